The number of nitrogens with one attached hydrogen (secondary N) is 2. The number of carbonyl (C=O) groups is 1. The SMILES string of the molecule is C=C(C)CNC(=O)C1(CC)CCNC1. The van der Waals surface area contributed by atoms with E-state index in [4.69, 9.17) is 0 Å². The molecule has 2 N–H and O–H groups in total. The van der Waals surface area contributed by atoms with Crippen molar-refractivity contribution in [1.29, 1.82) is 0 Å². The predicted octanol–water partition coefficient (Wildman–Crippen LogP) is 1.07. The maximum Gasteiger partial charge on any atom is 0.227 e. The average Bonchev–Trinajstić information content (AvgIpc) is 2.63. The summed E-state index contributed by atoms with van der Waals surface area (Å²) in [5.74, 6) is 0.174. The van der Waals surface area contributed by atoms with Crippen LogP contribution in [-0.4, -0.2) is 25.5 Å². The van der Waals surface area contributed by atoms with Crippen LogP contribution in [0.5, 0.6) is 0 Å². The average molecular weight is 196 g/mol. The Labute approximate surface area is 86.0 Å². The first-order chi connectivity index (χ1) is 6.60. The van der Waals surface area contributed by atoms with Gasteiger partial charge in [0.2, 0.25) is 5.91 Å². The molecule has 3 heteroatoms. The molecule has 1 saturated heterocycles. The van der Waals surface area contributed by atoms with Gasteiger partial charge in [0.1, 0.15) is 0 Å². The van der Waals surface area contributed by atoms with Gasteiger partial charge in [-0.1, -0.05) is 19.1 Å². The van der Waals surface area contributed by atoms with Crippen molar-refractivity contribution >= 4 is 5.91 Å². The lowest BCUT2D eigenvalue weighted by Crippen LogP contribution is -2.42. The number of carbonyl (C=O) groups excluding carboxylic acids is 1. The zero-order valence-corrected chi connectivity index (χ0v) is 9.15. The topological polar surface area (TPSA) is 41.1 Å². The molecule has 1 aliphatic rings. The Morgan fingerprint density at radius 3 is 2.79 bits per heavy atom. The summed E-state index contributed by atoms with van der Waals surface area (Å²) in [6, 6.07) is 0. The molecule has 0 bridgehead atoms. The van der Waals surface area contributed by atoms with Crippen LogP contribution in [0.1, 0.15) is 26.7 Å². The Bertz CT molecular complexity index is 229. The molecule has 0 radical (unpaired) electrons. The first-order valence-electron chi connectivity index (χ1n) is 5.24. The molecule has 0 saturated carbocycles. The first kappa shape index (κ1) is 11.2. The minimum absolute atomic E-state index is 0.171. The fourth-order valence-corrected chi connectivity index (χ4v) is 1.82. The molecular formula is C11H20N2O. The highest BCUT2D eigenvalue weighted by Crippen LogP contribution is 2.29. The molecule has 0 aliphatic carbocycles. The first-order valence-corrected chi connectivity index (χ1v) is 5.24. The van der Waals surface area contributed by atoms with E-state index >= 15 is 0 Å². The van der Waals surface area contributed by atoms with E-state index in [2.05, 4.69) is 24.1 Å². The van der Waals surface area contributed by atoms with E-state index < -0.39 is 0 Å². The van der Waals surface area contributed by atoms with Gasteiger partial charge >= 0.3 is 0 Å². The van der Waals surface area contributed by atoms with Crippen LogP contribution in [0.3, 0.4) is 0 Å². The second-order valence-corrected chi connectivity index (χ2v) is 4.20. The Morgan fingerprint density at radius 1 is 1.64 bits per heavy atom. The third-order valence-electron chi connectivity index (χ3n) is 2.95. The van der Waals surface area contributed by atoms with Gasteiger partial charge in [-0.2, -0.15) is 0 Å². The van der Waals surface area contributed by atoms with Gasteiger partial charge in [0.25, 0.3) is 0 Å². The zero-order valence-electron chi connectivity index (χ0n) is 9.15. The summed E-state index contributed by atoms with van der Waals surface area (Å²) < 4.78 is 0. The Morgan fingerprint density at radius 2 is 2.36 bits per heavy atom. The standard InChI is InChI=1S/C11H20N2O/c1-4-11(5-6-12-8-11)10(14)13-7-9(2)3/h12H,2,4-8H2,1,3H3,(H,13,14). The van der Waals surface area contributed by atoms with Crippen molar-refractivity contribution in [2.24, 2.45) is 5.41 Å². The fraction of sp³-hybridized carbons (Fsp3) is 0.727. The minimum Gasteiger partial charge on any atom is -0.352 e. The Balaban J connectivity index is 2.52. The maximum atomic E-state index is 11.9. The fourth-order valence-electron chi connectivity index (χ4n) is 1.82. The summed E-state index contributed by atoms with van der Waals surface area (Å²) in [5, 5.41) is 6.19. The molecule has 1 amide bonds. The van der Waals surface area contributed by atoms with Crippen molar-refractivity contribution in [3.63, 3.8) is 0 Å². The van der Waals surface area contributed by atoms with Crippen molar-refractivity contribution in [3.8, 4) is 0 Å². The molecule has 1 aliphatic heterocycles. The highest BCUT2D eigenvalue weighted by molar-refractivity contribution is 5.83. The second kappa shape index (κ2) is 4.60. The summed E-state index contributed by atoms with van der Waals surface area (Å²) >= 11 is 0. The van der Waals surface area contributed by atoms with Gasteiger partial charge < -0.3 is 10.6 Å². The van der Waals surface area contributed by atoms with Gasteiger partial charge in [-0.15, -0.1) is 0 Å². The van der Waals surface area contributed by atoms with Crippen LogP contribution < -0.4 is 10.6 Å². The normalized spacial score (nSPS) is 26.1. The van der Waals surface area contributed by atoms with Gasteiger partial charge in [0.05, 0.1) is 5.41 Å². The summed E-state index contributed by atoms with van der Waals surface area (Å²) in [5.41, 5.74) is 0.825. The summed E-state index contributed by atoms with van der Waals surface area (Å²) in [6.45, 7) is 10.1. The van der Waals surface area contributed by atoms with Gasteiger partial charge in [-0.25, -0.2) is 0 Å². The third-order valence-corrected chi connectivity index (χ3v) is 2.95. The van der Waals surface area contributed by atoms with Crippen molar-refractivity contribution < 1.29 is 4.79 Å². The van der Waals surface area contributed by atoms with E-state index in [-0.39, 0.29) is 11.3 Å². The molecular weight excluding hydrogens is 176 g/mol. The van der Waals surface area contributed by atoms with E-state index in [0.29, 0.717) is 6.54 Å². The largest absolute Gasteiger partial charge is 0.352 e. The molecule has 80 valence electrons. The molecule has 1 heterocycles. The van der Waals surface area contributed by atoms with Crippen molar-refractivity contribution in [3.05, 3.63) is 12.2 Å². The summed E-state index contributed by atoms with van der Waals surface area (Å²) in [4.78, 5) is 11.9. The van der Waals surface area contributed by atoms with Crippen LogP contribution in [-0.2, 0) is 4.79 Å². The molecule has 1 rings (SSSR count). The summed E-state index contributed by atoms with van der Waals surface area (Å²) in [6.07, 6.45) is 1.85. The third kappa shape index (κ3) is 2.35. The van der Waals surface area contributed by atoms with Crippen molar-refractivity contribution in [2.45, 2.75) is 26.7 Å². The highest BCUT2D eigenvalue weighted by atomic mass is 16.2. The molecule has 14 heavy (non-hydrogen) atoms. The lowest BCUT2D eigenvalue weighted by molar-refractivity contribution is -0.130. The smallest absolute Gasteiger partial charge is 0.227 e. The van der Waals surface area contributed by atoms with Crippen LogP contribution in [0.15, 0.2) is 12.2 Å². The van der Waals surface area contributed by atoms with Crippen molar-refractivity contribution in [2.75, 3.05) is 19.6 Å². The van der Waals surface area contributed by atoms with Gasteiger partial charge in [-0.05, 0) is 26.3 Å². The second-order valence-electron chi connectivity index (χ2n) is 4.20. The quantitative estimate of drug-likeness (QED) is 0.660. The lowest BCUT2D eigenvalue weighted by atomic mass is 9.83. The van der Waals surface area contributed by atoms with Crippen LogP contribution in [0.4, 0.5) is 0 Å². The molecule has 0 aromatic heterocycles. The summed E-state index contributed by atoms with van der Waals surface area (Å²) in [7, 11) is 0. The predicted molar refractivity (Wildman–Crippen MR) is 58.0 cm³/mol. The van der Waals surface area contributed by atoms with Crippen LogP contribution in [0.25, 0.3) is 0 Å². The number of hydrogen-bond donors (Lipinski definition) is 2. The van der Waals surface area contributed by atoms with E-state index in [1.54, 1.807) is 0 Å². The monoisotopic (exact) mass is 196 g/mol. The molecule has 0 aromatic carbocycles. The van der Waals surface area contributed by atoms with E-state index in [0.717, 1.165) is 31.5 Å². The molecule has 1 atom stereocenters. The van der Waals surface area contributed by atoms with Gasteiger partial charge in [0, 0.05) is 13.1 Å². The van der Waals surface area contributed by atoms with E-state index in [1.807, 2.05) is 6.92 Å². The lowest BCUT2D eigenvalue weighted by Gasteiger charge is -2.25. The number of hydrogen-bond acceptors (Lipinski definition) is 2. The molecule has 3 nitrogen and oxygen atoms in total. The molecule has 0 aromatic rings. The minimum atomic E-state index is -0.171. The number of rotatable bonds is 4. The molecule has 0 spiro atoms. The van der Waals surface area contributed by atoms with Crippen molar-refractivity contribution in [1.82, 2.24) is 10.6 Å². The molecule has 1 fully saturated rings. The molecule has 1 unspecified atom stereocenters. The van der Waals surface area contributed by atoms with Gasteiger partial charge in [-0.3, -0.25) is 4.79 Å². The van der Waals surface area contributed by atoms with Gasteiger partial charge in [0.15, 0.2) is 0 Å². The van der Waals surface area contributed by atoms with Crippen LogP contribution >= 0.6 is 0 Å². The number of amides is 1. The Kier molecular flexibility index (Phi) is 3.69. The van der Waals surface area contributed by atoms with Crippen LogP contribution in [0.2, 0.25) is 0 Å². The van der Waals surface area contributed by atoms with Crippen LogP contribution in [0, 0.1) is 5.41 Å². The Hall–Kier alpha value is -0.830. The highest BCUT2D eigenvalue weighted by Gasteiger charge is 2.38. The van der Waals surface area contributed by atoms with E-state index in [1.165, 1.54) is 0 Å². The van der Waals surface area contributed by atoms with E-state index in [9.17, 15) is 4.79 Å². The zero-order chi connectivity index (χ0) is 10.6. The maximum absolute atomic E-state index is 11.9.